The standard InChI is InChI=1S/C8H16N6/c1-6-7(2)14(5-4-9-6)8-10-11-12-13(8)3/h6-7,9H,4-5H2,1-3H3. The Morgan fingerprint density at radius 3 is 2.86 bits per heavy atom. The molecule has 1 aromatic heterocycles. The molecule has 1 fully saturated rings. The predicted octanol–water partition coefficient (Wildman–Crippen LogP) is -0.603. The monoisotopic (exact) mass is 196 g/mol. The van der Waals surface area contributed by atoms with Crippen molar-refractivity contribution in [3.8, 4) is 0 Å². The van der Waals surface area contributed by atoms with Gasteiger partial charge in [-0.2, -0.15) is 0 Å². The number of anilines is 1. The lowest BCUT2D eigenvalue weighted by atomic mass is 10.1. The summed E-state index contributed by atoms with van der Waals surface area (Å²) in [5.74, 6) is 0.853. The zero-order chi connectivity index (χ0) is 10.1. The molecule has 2 rings (SSSR count). The lowest BCUT2D eigenvalue weighted by Crippen LogP contribution is -2.56. The number of nitrogens with one attached hydrogen (secondary N) is 1. The zero-order valence-electron chi connectivity index (χ0n) is 8.80. The molecule has 2 heterocycles. The largest absolute Gasteiger partial charge is 0.334 e. The van der Waals surface area contributed by atoms with Gasteiger partial charge in [0.05, 0.1) is 0 Å². The second-order valence-corrected chi connectivity index (χ2v) is 3.78. The molecular formula is C8H16N6. The fraction of sp³-hybridized carbons (Fsp3) is 0.875. The van der Waals surface area contributed by atoms with E-state index in [4.69, 9.17) is 0 Å². The van der Waals surface area contributed by atoms with E-state index in [1.165, 1.54) is 0 Å². The van der Waals surface area contributed by atoms with E-state index in [1.54, 1.807) is 4.68 Å². The molecule has 0 aromatic carbocycles. The van der Waals surface area contributed by atoms with Crippen molar-refractivity contribution in [2.75, 3.05) is 18.0 Å². The van der Waals surface area contributed by atoms with Gasteiger partial charge in [0.25, 0.3) is 0 Å². The van der Waals surface area contributed by atoms with Crippen LogP contribution in [0.5, 0.6) is 0 Å². The highest BCUT2D eigenvalue weighted by molar-refractivity contribution is 5.31. The number of nitrogens with zero attached hydrogens (tertiary/aromatic N) is 5. The number of aromatic nitrogens is 4. The summed E-state index contributed by atoms with van der Waals surface area (Å²) in [6.07, 6.45) is 0. The van der Waals surface area contributed by atoms with E-state index in [2.05, 4.69) is 39.6 Å². The minimum atomic E-state index is 0.424. The summed E-state index contributed by atoms with van der Waals surface area (Å²) in [6.45, 7) is 6.31. The number of hydrogen-bond donors (Lipinski definition) is 1. The Labute approximate surface area is 83.3 Å². The molecule has 78 valence electrons. The van der Waals surface area contributed by atoms with Crippen molar-refractivity contribution in [2.24, 2.45) is 7.05 Å². The molecule has 6 nitrogen and oxygen atoms in total. The van der Waals surface area contributed by atoms with Gasteiger partial charge in [0.2, 0.25) is 5.95 Å². The van der Waals surface area contributed by atoms with Crippen molar-refractivity contribution < 1.29 is 0 Å². The van der Waals surface area contributed by atoms with Gasteiger partial charge in [-0.25, -0.2) is 4.68 Å². The molecule has 1 aliphatic heterocycles. The van der Waals surface area contributed by atoms with E-state index in [1.807, 2.05) is 7.05 Å². The van der Waals surface area contributed by atoms with E-state index >= 15 is 0 Å². The topological polar surface area (TPSA) is 58.9 Å². The van der Waals surface area contributed by atoms with Gasteiger partial charge in [-0.1, -0.05) is 5.10 Å². The van der Waals surface area contributed by atoms with Crippen LogP contribution in [0.3, 0.4) is 0 Å². The maximum Gasteiger partial charge on any atom is 0.245 e. The third-order valence-electron chi connectivity index (χ3n) is 2.89. The number of aryl methyl sites for hydroxylation is 1. The SMILES string of the molecule is CC1NCCN(c2nnnn2C)C1C. The Kier molecular flexibility index (Phi) is 2.37. The normalized spacial score (nSPS) is 28.1. The van der Waals surface area contributed by atoms with Gasteiger partial charge in [-0.3, -0.25) is 0 Å². The van der Waals surface area contributed by atoms with E-state index in [9.17, 15) is 0 Å². The van der Waals surface area contributed by atoms with Gasteiger partial charge >= 0.3 is 0 Å². The maximum absolute atomic E-state index is 4.02. The fourth-order valence-electron chi connectivity index (χ4n) is 1.81. The first-order chi connectivity index (χ1) is 6.70. The van der Waals surface area contributed by atoms with Crippen LogP contribution in [0, 0.1) is 0 Å². The maximum atomic E-state index is 4.02. The summed E-state index contributed by atoms with van der Waals surface area (Å²) < 4.78 is 1.72. The van der Waals surface area contributed by atoms with Crippen molar-refractivity contribution >= 4 is 5.95 Å². The van der Waals surface area contributed by atoms with Crippen molar-refractivity contribution in [3.05, 3.63) is 0 Å². The highest BCUT2D eigenvalue weighted by atomic mass is 15.6. The number of tetrazole rings is 1. The van der Waals surface area contributed by atoms with Crippen LogP contribution in [-0.2, 0) is 7.05 Å². The Hall–Kier alpha value is -1.17. The Morgan fingerprint density at radius 2 is 2.21 bits per heavy atom. The van der Waals surface area contributed by atoms with E-state index in [0.717, 1.165) is 19.0 Å². The third-order valence-corrected chi connectivity index (χ3v) is 2.89. The van der Waals surface area contributed by atoms with Crippen LogP contribution < -0.4 is 10.2 Å². The van der Waals surface area contributed by atoms with Crippen LogP contribution in [0.4, 0.5) is 5.95 Å². The van der Waals surface area contributed by atoms with Crippen molar-refractivity contribution in [1.82, 2.24) is 25.5 Å². The van der Waals surface area contributed by atoms with Crippen molar-refractivity contribution in [2.45, 2.75) is 25.9 Å². The molecule has 0 bridgehead atoms. The fourth-order valence-corrected chi connectivity index (χ4v) is 1.81. The number of rotatable bonds is 1. The van der Waals surface area contributed by atoms with Crippen molar-refractivity contribution in [3.63, 3.8) is 0 Å². The lowest BCUT2D eigenvalue weighted by Gasteiger charge is -2.38. The van der Waals surface area contributed by atoms with Crippen LogP contribution in [-0.4, -0.2) is 45.4 Å². The molecule has 0 aliphatic carbocycles. The quantitative estimate of drug-likeness (QED) is 0.649. The summed E-state index contributed by atoms with van der Waals surface area (Å²) in [6, 6.07) is 0.897. The van der Waals surface area contributed by atoms with Gasteiger partial charge < -0.3 is 10.2 Å². The lowest BCUT2D eigenvalue weighted by molar-refractivity contribution is 0.396. The predicted molar refractivity (Wildman–Crippen MR) is 53.1 cm³/mol. The Bertz CT molecular complexity index is 309. The molecule has 6 heteroatoms. The van der Waals surface area contributed by atoms with Crippen LogP contribution in [0.25, 0.3) is 0 Å². The van der Waals surface area contributed by atoms with Crippen LogP contribution in [0.1, 0.15) is 13.8 Å². The summed E-state index contributed by atoms with van der Waals surface area (Å²) >= 11 is 0. The van der Waals surface area contributed by atoms with Gasteiger partial charge in [0.1, 0.15) is 0 Å². The third kappa shape index (κ3) is 1.45. The first kappa shape index (κ1) is 9.39. The van der Waals surface area contributed by atoms with Gasteiger partial charge in [0, 0.05) is 32.2 Å². The molecule has 1 aromatic rings. The second kappa shape index (κ2) is 3.53. The average molecular weight is 196 g/mol. The van der Waals surface area contributed by atoms with E-state index < -0.39 is 0 Å². The van der Waals surface area contributed by atoms with Gasteiger partial charge in [0.15, 0.2) is 0 Å². The summed E-state index contributed by atoms with van der Waals surface area (Å²) in [4.78, 5) is 2.24. The van der Waals surface area contributed by atoms with Crippen LogP contribution in [0.15, 0.2) is 0 Å². The zero-order valence-corrected chi connectivity index (χ0v) is 8.80. The molecular weight excluding hydrogens is 180 g/mol. The highest BCUT2D eigenvalue weighted by Gasteiger charge is 2.27. The van der Waals surface area contributed by atoms with E-state index in [0.29, 0.717) is 12.1 Å². The van der Waals surface area contributed by atoms with Crippen LogP contribution >= 0.6 is 0 Å². The first-order valence-electron chi connectivity index (χ1n) is 4.92. The first-order valence-corrected chi connectivity index (χ1v) is 4.92. The molecule has 0 radical (unpaired) electrons. The molecule has 0 spiro atoms. The Morgan fingerprint density at radius 1 is 1.43 bits per heavy atom. The Balaban J connectivity index is 2.21. The van der Waals surface area contributed by atoms with Crippen LogP contribution in [0.2, 0.25) is 0 Å². The van der Waals surface area contributed by atoms with Crippen molar-refractivity contribution in [1.29, 1.82) is 0 Å². The molecule has 14 heavy (non-hydrogen) atoms. The minimum absolute atomic E-state index is 0.424. The smallest absolute Gasteiger partial charge is 0.245 e. The van der Waals surface area contributed by atoms with Gasteiger partial charge in [-0.15, -0.1) is 0 Å². The molecule has 0 saturated carbocycles. The average Bonchev–Trinajstić information content (AvgIpc) is 2.57. The molecule has 1 N–H and O–H groups in total. The summed E-state index contributed by atoms with van der Waals surface area (Å²) in [5.41, 5.74) is 0. The summed E-state index contributed by atoms with van der Waals surface area (Å²) in [7, 11) is 1.87. The number of piperazine rings is 1. The summed E-state index contributed by atoms with van der Waals surface area (Å²) in [5, 5.41) is 14.9. The molecule has 1 aliphatic rings. The molecule has 0 amide bonds. The number of hydrogen-bond acceptors (Lipinski definition) is 5. The molecule has 2 unspecified atom stereocenters. The van der Waals surface area contributed by atoms with Gasteiger partial charge in [-0.05, 0) is 24.3 Å². The minimum Gasteiger partial charge on any atom is -0.334 e. The molecule has 1 saturated heterocycles. The molecule has 2 atom stereocenters. The second-order valence-electron chi connectivity index (χ2n) is 3.78. The highest BCUT2D eigenvalue weighted by Crippen LogP contribution is 2.15. The van der Waals surface area contributed by atoms with E-state index in [-0.39, 0.29) is 0 Å².